The van der Waals surface area contributed by atoms with E-state index >= 15 is 0 Å². The molecular weight excluding hydrogens is 396 g/mol. The zero-order valence-corrected chi connectivity index (χ0v) is 14.8. The fourth-order valence-electron chi connectivity index (χ4n) is 1.90. The van der Waals surface area contributed by atoms with Crippen LogP contribution in [0.25, 0.3) is 0 Å². The van der Waals surface area contributed by atoms with Crippen LogP contribution < -0.4 is 10.6 Å². The van der Waals surface area contributed by atoms with Crippen LogP contribution in [0.5, 0.6) is 0 Å². The van der Waals surface area contributed by atoms with Gasteiger partial charge in [0.25, 0.3) is 0 Å². The first-order valence-corrected chi connectivity index (χ1v) is 8.18. The van der Waals surface area contributed by atoms with Crippen molar-refractivity contribution in [3.8, 4) is 0 Å². The van der Waals surface area contributed by atoms with E-state index in [0.717, 1.165) is 26.6 Å². The maximum Gasteiger partial charge on any atom is 0.319 e. The molecule has 0 aliphatic rings. The molecule has 0 bridgehead atoms. The highest BCUT2D eigenvalue weighted by atomic mass is 79.9. The van der Waals surface area contributed by atoms with Crippen molar-refractivity contribution in [1.29, 1.82) is 0 Å². The van der Waals surface area contributed by atoms with Gasteiger partial charge >= 0.3 is 6.03 Å². The molecule has 2 N–H and O–H groups in total. The second kappa shape index (κ2) is 7.61. The number of nitrogens with one attached hydrogen (secondary N) is 2. The van der Waals surface area contributed by atoms with Crippen molar-refractivity contribution in [2.45, 2.75) is 13.3 Å². The topological polar surface area (TPSA) is 41.1 Å². The molecule has 0 spiro atoms. The molecule has 2 amide bonds. The van der Waals surface area contributed by atoms with Crippen LogP contribution in [0.1, 0.15) is 11.1 Å². The summed E-state index contributed by atoms with van der Waals surface area (Å²) in [6, 6.07) is 13.7. The molecule has 0 atom stereocenters. The van der Waals surface area contributed by atoms with Crippen LogP contribution in [-0.4, -0.2) is 12.6 Å². The highest BCUT2D eigenvalue weighted by Crippen LogP contribution is 2.23. The summed E-state index contributed by atoms with van der Waals surface area (Å²) in [5, 5.41) is 5.68. The summed E-state index contributed by atoms with van der Waals surface area (Å²) in [5.41, 5.74) is 3.09. The molecule has 0 fully saturated rings. The molecule has 2 aromatic rings. The second-order valence-electron chi connectivity index (χ2n) is 4.74. The van der Waals surface area contributed by atoms with Crippen molar-refractivity contribution in [2.24, 2.45) is 0 Å². The van der Waals surface area contributed by atoms with Crippen molar-refractivity contribution in [2.75, 3.05) is 11.9 Å². The number of halogens is 2. The molecule has 110 valence electrons. The van der Waals surface area contributed by atoms with Gasteiger partial charge in [-0.1, -0.05) is 34.1 Å². The third-order valence-corrected chi connectivity index (χ3v) is 4.11. The molecule has 0 aromatic heterocycles. The minimum absolute atomic E-state index is 0.199. The average molecular weight is 412 g/mol. The lowest BCUT2D eigenvalue weighted by Gasteiger charge is -2.10. The molecule has 0 saturated carbocycles. The van der Waals surface area contributed by atoms with E-state index in [1.807, 2.05) is 43.3 Å². The molecule has 21 heavy (non-hydrogen) atoms. The van der Waals surface area contributed by atoms with Gasteiger partial charge in [0.2, 0.25) is 0 Å². The van der Waals surface area contributed by atoms with Gasteiger partial charge in [0.1, 0.15) is 0 Å². The van der Waals surface area contributed by atoms with Crippen molar-refractivity contribution in [3.63, 3.8) is 0 Å². The maximum atomic E-state index is 11.9. The van der Waals surface area contributed by atoms with Crippen molar-refractivity contribution >= 4 is 43.6 Å². The van der Waals surface area contributed by atoms with Crippen LogP contribution in [0.15, 0.2) is 51.4 Å². The van der Waals surface area contributed by atoms with Crippen LogP contribution >= 0.6 is 31.9 Å². The molecule has 0 radical (unpaired) electrons. The molecule has 3 nitrogen and oxygen atoms in total. The zero-order chi connectivity index (χ0) is 15.2. The number of urea groups is 1. The van der Waals surface area contributed by atoms with Crippen molar-refractivity contribution in [1.82, 2.24) is 5.32 Å². The van der Waals surface area contributed by atoms with Crippen LogP contribution in [0.2, 0.25) is 0 Å². The Morgan fingerprint density at radius 3 is 2.67 bits per heavy atom. The average Bonchev–Trinajstić information content (AvgIpc) is 2.42. The monoisotopic (exact) mass is 410 g/mol. The number of hydrogen-bond donors (Lipinski definition) is 2. The molecule has 0 aliphatic carbocycles. The number of carbonyl (C=O) groups excluding carboxylic acids is 1. The van der Waals surface area contributed by atoms with E-state index in [9.17, 15) is 4.79 Å². The van der Waals surface area contributed by atoms with E-state index in [4.69, 9.17) is 0 Å². The summed E-state index contributed by atoms with van der Waals surface area (Å²) in [7, 11) is 0. The minimum Gasteiger partial charge on any atom is -0.338 e. The Kier molecular flexibility index (Phi) is 5.82. The van der Waals surface area contributed by atoms with Gasteiger partial charge in [-0.3, -0.25) is 0 Å². The van der Waals surface area contributed by atoms with Crippen LogP contribution in [0, 0.1) is 6.92 Å². The largest absolute Gasteiger partial charge is 0.338 e. The molecule has 5 heteroatoms. The van der Waals surface area contributed by atoms with Gasteiger partial charge < -0.3 is 10.6 Å². The first kappa shape index (κ1) is 16.0. The number of hydrogen-bond acceptors (Lipinski definition) is 1. The van der Waals surface area contributed by atoms with Gasteiger partial charge in [0.05, 0.1) is 5.69 Å². The Balaban J connectivity index is 1.82. The first-order valence-electron chi connectivity index (χ1n) is 6.60. The molecule has 0 heterocycles. The van der Waals surface area contributed by atoms with Gasteiger partial charge in [-0.2, -0.15) is 0 Å². The molecule has 0 aliphatic heterocycles. The quantitative estimate of drug-likeness (QED) is 0.739. The number of amides is 2. The smallest absolute Gasteiger partial charge is 0.319 e. The fourth-order valence-corrected chi connectivity index (χ4v) is 2.94. The summed E-state index contributed by atoms with van der Waals surface area (Å²) in [6.45, 7) is 2.60. The Labute approximate surface area is 141 Å². The highest BCUT2D eigenvalue weighted by molar-refractivity contribution is 9.10. The number of carbonyl (C=O) groups is 1. The van der Waals surface area contributed by atoms with E-state index in [0.29, 0.717) is 6.54 Å². The predicted molar refractivity (Wildman–Crippen MR) is 93.7 cm³/mol. The van der Waals surface area contributed by atoms with Gasteiger partial charge in [0.15, 0.2) is 0 Å². The SMILES string of the molecule is Cc1ccc(NC(=O)NCCc2cccc(Br)c2)c(Br)c1. The molecule has 2 aromatic carbocycles. The molecular formula is C16H16Br2N2O. The summed E-state index contributed by atoms with van der Waals surface area (Å²) < 4.78 is 1.93. The number of anilines is 1. The lowest BCUT2D eigenvalue weighted by Crippen LogP contribution is -2.30. The minimum atomic E-state index is -0.199. The van der Waals surface area contributed by atoms with Gasteiger partial charge in [-0.25, -0.2) is 4.79 Å². The van der Waals surface area contributed by atoms with E-state index < -0.39 is 0 Å². The Morgan fingerprint density at radius 2 is 1.95 bits per heavy atom. The van der Waals surface area contributed by atoms with Gasteiger partial charge in [-0.05, 0) is 64.7 Å². The van der Waals surface area contributed by atoms with Crippen molar-refractivity contribution < 1.29 is 4.79 Å². The number of rotatable bonds is 4. The van der Waals surface area contributed by atoms with Gasteiger partial charge in [-0.15, -0.1) is 0 Å². The normalized spacial score (nSPS) is 10.2. The predicted octanol–water partition coefficient (Wildman–Crippen LogP) is 4.88. The standard InChI is InChI=1S/C16H16Br2N2O/c1-11-5-6-15(14(18)9-11)20-16(21)19-8-7-12-3-2-4-13(17)10-12/h2-6,9-10H,7-8H2,1H3,(H2,19,20,21). The summed E-state index contributed by atoms with van der Waals surface area (Å²) >= 11 is 6.88. The number of aryl methyl sites for hydroxylation is 1. The third kappa shape index (κ3) is 5.17. The van der Waals surface area contributed by atoms with Crippen LogP contribution in [0.3, 0.4) is 0 Å². The zero-order valence-electron chi connectivity index (χ0n) is 11.6. The lowest BCUT2D eigenvalue weighted by atomic mass is 10.1. The van der Waals surface area contributed by atoms with Gasteiger partial charge in [0, 0.05) is 15.5 Å². The summed E-state index contributed by atoms with van der Waals surface area (Å²) in [6.07, 6.45) is 0.794. The summed E-state index contributed by atoms with van der Waals surface area (Å²) in [5.74, 6) is 0. The van der Waals surface area contributed by atoms with E-state index in [2.05, 4.69) is 48.6 Å². The second-order valence-corrected chi connectivity index (χ2v) is 6.51. The van der Waals surface area contributed by atoms with Crippen LogP contribution in [0.4, 0.5) is 10.5 Å². The Morgan fingerprint density at radius 1 is 1.14 bits per heavy atom. The molecule has 0 unspecified atom stereocenters. The Bertz CT molecular complexity index is 644. The molecule has 0 saturated heterocycles. The maximum absolute atomic E-state index is 11.9. The first-order chi connectivity index (χ1) is 10.0. The highest BCUT2D eigenvalue weighted by Gasteiger charge is 2.05. The third-order valence-electron chi connectivity index (χ3n) is 2.96. The van der Waals surface area contributed by atoms with Crippen molar-refractivity contribution in [3.05, 3.63) is 62.5 Å². The van der Waals surface area contributed by atoms with E-state index in [1.54, 1.807) is 0 Å². The fraction of sp³-hybridized carbons (Fsp3) is 0.188. The number of benzene rings is 2. The molecule has 2 rings (SSSR count). The Hall–Kier alpha value is -1.33. The summed E-state index contributed by atoms with van der Waals surface area (Å²) in [4.78, 5) is 11.9. The lowest BCUT2D eigenvalue weighted by molar-refractivity contribution is 0.252. The van der Waals surface area contributed by atoms with Crippen LogP contribution in [-0.2, 0) is 6.42 Å². The van der Waals surface area contributed by atoms with E-state index in [1.165, 1.54) is 5.56 Å². The van der Waals surface area contributed by atoms with E-state index in [-0.39, 0.29) is 6.03 Å².